The largest absolute Gasteiger partial charge is 0.508 e. The molecule has 4 aromatic rings. The van der Waals surface area contributed by atoms with Crippen LogP contribution in [-0.4, -0.2) is 10.1 Å². The van der Waals surface area contributed by atoms with Gasteiger partial charge in [-0.15, -0.1) is 0 Å². The zero-order chi connectivity index (χ0) is 17.1. The number of phenols is 1. The lowest BCUT2D eigenvalue weighted by atomic mass is 10.0. The predicted octanol–water partition coefficient (Wildman–Crippen LogP) is 5.78. The number of hydrogen-bond donors (Lipinski definition) is 1. The van der Waals surface area contributed by atoms with E-state index < -0.39 is 0 Å². The highest BCUT2D eigenvalue weighted by Gasteiger charge is 1.98. The molecule has 1 heterocycles. The third kappa shape index (κ3) is 3.43. The molecular weight excluding hydrogens is 306 g/mol. The average Bonchev–Trinajstić information content (AvgIpc) is 2.67. The molecule has 0 unspecified atom stereocenters. The Morgan fingerprint density at radius 3 is 2.24 bits per heavy atom. The van der Waals surface area contributed by atoms with Crippen LogP contribution in [0.5, 0.6) is 5.75 Å². The highest BCUT2D eigenvalue weighted by molar-refractivity contribution is 5.82. The first-order valence-corrected chi connectivity index (χ1v) is 8.21. The summed E-state index contributed by atoms with van der Waals surface area (Å²) in [5.41, 5.74) is 5.33. The van der Waals surface area contributed by atoms with E-state index in [4.69, 9.17) is 0 Å². The van der Waals surface area contributed by atoms with E-state index in [1.54, 1.807) is 12.1 Å². The molecule has 0 atom stereocenters. The van der Waals surface area contributed by atoms with Crippen molar-refractivity contribution in [1.82, 2.24) is 4.98 Å². The van der Waals surface area contributed by atoms with Crippen LogP contribution in [0.15, 0.2) is 84.9 Å². The summed E-state index contributed by atoms with van der Waals surface area (Å²) < 4.78 is 0. The maximum Gasteiger partial charge on any atom is 0.116 e. The fourth-order valence-corrected chi connectivity index (χ4v) is 2.82. The van der Waals surface area contributed by atoms with Crippen molar-refractivity contribution in [2.45, 2.75) is 0 Å². The second kappa shape index (κ2) is 6.62. The van der Waals surface area contributed by atoms with E-state index in [1.807, 2.05) is 42.5 Å². The quantitative estimate of drug-likeness (QED) is 0.518. The molecule has 0 aliphatic rings. The van der Waals surface area contributed by atoms with E-state index in [1.165, 1.54) is 11.1 Å². The Hall–Kier alpha value is -3.39. The van der Waals surface area contributed by atoms with Crippen molar-refractivity contribution in [2.75, 3.05) is 0 Å². The van der Waals surface area contributed by atoms with Gasteiger partial charge in [0.2, 0.25) is 0 Å². The number of pyridine rings is 1. The predicted molar refractivity (Wildman–Crippen MR) is 104 cm³/mol. The Bertz CT molecular complexity index is 1030. The summed E-state index contributed by atoms with van der Waals surface area (Å²) in [6.45, 7) is 0. The molecule has 3 aromatic carbocycles. The lowest BCUT2D eigenvalue weighted by Gasteiger charge is -2.02. The van der Waals surface area contributed by atoms with Crippen LogP contribution in [0.25, 0.3) is 34.2 Å². The standard InChI is InChI=1S/C23H17NO/c25-22-14-15-23-20(16-22)11-13-21(24-23)12-8-17-6-9-19(10-7-17)18-4-2-1-3-5-18/h1-16,25H/b12-8+. The van der Waals surface area contributed by atoms with Gasteiger partial charge in [0.1, 0.15) is 5.75 Å². The van der Waals surface area contributed by atoms with Gasteiger partial charge in [0.05, 0.1) is 11.2 Å². The Labute approximate surface area is 146 Å². The molecule has 0 spiro atoms. The van der Waals surface area contributed by atoms with Crippen molar-refractivity contribution >= 4 is 23.1 Å². The first-order valence-electron chi connectivity index (χ1n) is 8.21. The van der Waals surface area contributed by atoms with Crippen LogP contribution in [-0.2, 0) is 0 Å². The summed E-state index contributed by atoms with van der Waals surface area (Å²) in [5, 5.41) is 10.4. The van der Waals surface area contributed by atoms with Crippen molar-refractivity contribution in [3.8, 4) is 16.9 Å². The molecule has 0 saturated carbocycles. The van der Waals surface area contributed by atoms with Crippen LogP contribution in [0.4, 0.5) is 0 Å². The van der Waals surface area contributed by atoms with Crippen molar-refractivity contribution in [1.29, 1.82) is 0 Å². The molecule has 120 valence electrons. The smallest absolute Gasteiger partial charge is 0.116 e. The Morgan fingerprint density at radius 1 is 0.680 bits per heavy atom. The topological polar surface area (TPSA) is 33.1 Å². The molecule has 0 radical (unpaired) electrons. The summed E-state index contributed by atoms with van der Waals surface area (Å²) in [4.78, 5) is 4.60. The highest BCUT2D eigenvalue weighted by Crippen LogP contribution is 2.21. The molecule has 1 N–H and O–H groups in total. The second-order valence-corrected chi connectivity index (χ2v) is 5.93. The maximum atomic E-state index is 9.51. The molecule has 0 amide bonds. The monoisotopic (exact) mass is 323 g/mol. The van der Waals surface area contributed by atoms with Gasteiger partial charge in [-0.2, -0.15) is 0 Å². The maximum absolute atomic E-state index is 9.51. The molecule has 25 heavy (non-hydrogen) atoms. The molecule has 2 heteroatoms. The number of rotatable bonds is 3. The van der Waals surface area contributed by atoms with Gasteiger partial charge in [0.25, 0.3) is 0 Å². The SMILES string of the molecule is Oc1ccc2nc(/C=C/c3ccc(-c4ccccc4)cc3)ccc2c1. The number of aromatic nitrogens is 1. The molecule has 4 rings (SSSR count). The van der Waals surface area contributed by atoms with Gasteiger partial charge in [-0.1, -0.05) is 66.7 Å². The van der Waals surface area contributed by atoms with Gasteiger partial charge in [0.15, 0.2) is 0 Å². The van der Waals surface area contributed by atoms with Crippen LogP contribution in [0.2, 0.25) is 0 Å². The van der Waals surface area contributed by atoms with E-state index >= 15 is 0 Å². The van der Waals surface area contributed by atoms with E-state index in [-0.39, 0.29) is 5.75 Å². The van der Waals surface area contributed by atoms with Crippen molar-refractivity contribution in [3.05, 3.63) is 96.2 Å². The molecule has 0 saturated heterocycles. The zero-order valence-electron chi connectivity index (χ0n) is 13.6. The van der Waals surface area contributed by atoms with Crippen LogP contribution in [0, 0.1) is 0 Å². The summed E-state index contributed by atoms with van der Waals surface area (Å²) >= 11 is 0. The third-order valence-corrected chi connectivity index (χ3v) is 4.16. The van der Waals surface area contributed by atoms with Crippen molar-refractivity contribution in [2.24, 2.45) is 0 Å². The lowest BCUT2D eigenvalue weighted by Crippen LogP contribution is -1.83. The van der Waals surface area contributed by atoms with Crippen molar-refractivity contribution in [3.63, 3.8) is 0 Å². The summed E-state index contributed by atoms with van der Waals surface area (Å²) in [7, 11) is 0. The lowest BCUT2D eigenvalue weighted by molar-refractivity contribution is 0.476. The number of aromatic hydroxyl groups is 1. The minimum atomic E-state index is 0.260. The van der Waals surface area contributed by atoms with Crippen LogP contribution < -0.4 is 0 Å². The van der Waals surface area contributed by atoms with Crippen LogP contribution >= 0.6 is 0 Å². The van der Waals surface area contributed by atoms with Gasteiger partial charge >= 0.3 is 0 Å². The number of phenolic OH excluding ortho intramolecular Hbond substituents is 1. The zero-order valence-corrected chi connectivity index (χ0v) is 13.6. The van der Waals surface area contributed by atoms with Gasteiger partial charge in [0, 0.05) is 5.39 Å². The molecule has 0 fully saturated rings. The third-order valence-electron chi connectivity index (χ3n) is 4.16. The normalized spacial score (nSPS) is 11.2. The van der Waals surface area contributed by atoms with E-state index in [2.05, 4.69) is 47.5 Å². The summed E-state index contributed by atoms with van der Waals surface area (Å²) in [5.74, 6) is 0.260. The molecule has 1 aromatic heterocycles. The fraction of sp³-hybridized carbons (Fsp3) is 0. The molecule has 0 aliphatic carbocycles. The number of hydrogen-bond acceptors (Lipinski definition) is 2. The Morgan fingerprint density at radius 2 is 1.44 bits per heavy atom. The second-order valence-electron chi connectivity index (χ2n) is 5.93. The van der Waals surface area contributed by atoms with Gasteiger partial charge in [-0.05, 0) is 47.0 Å². The number of fused-ring (bicyclic) bond motifs is 1. The summed E-state index contributed by atoms with van der Waals surface area (Å²) in [6, 6.07) is 28.0. The van der Waals surface area contributed by atoms with Crippen LogP contribution in [0.1, 0.15) is 11.3 Å². The van der Waals surface area contributed by atoms with Crippen molar-refractivity contribution < 1.29 is 5.11 Å². The Kier molecular flexibility index (Phi) is 4.01. The van der Waals surface area contributed by atoms with Crippen LogP contribution in [0.3, 0.4) is 0 Å². The first-order chi connectivity index (χ1) is 12.3. The highest BCUT2D eigenvalue weighted by atomic mass is 16.3. The van der Waals surface area contributed by atoms with Gasteiger partial charge in [-0.3, -0.25) is 0 Å². The minimum absolute atomic E-state index is 0.260. The number of nitrogens with zero attached hydrogens (tertiary/aromatic N) is 1. The first kappa shape index (κ1) is 15.2. The Balaban J connectivity index is 1.56. The number of benzene rings is 3. The van der Waals surface area contributed by atoms with Gasteiger partial charge < -0.3 is 5.11 Å². The average molecular weight is 323 g/mol. The molecular formula is C23H17NO. The molecule has 0 bridgehead atoms. The fourth-order valence-electron chi connectivity index (χ4n) is 2.82. The van der Waals surface area contributed by atoms with E-state index in [0.29, 0.717) is 0 Å². The summed E-state index contributed by atoms with van der Waals surface area (Å²) in [6.07, 6.45) is 4.06. The van der Waals surface area contributed by atoms with Gasteiger partial charge in [-0.25, -0.2) is 4.98 Å². The van der Waals surface area contributed by atoms with E-state index in [0.717, 1.165) is 22.2 Å². The molecule has 0 aliphatic heterocycles. The minimum Gasteiger partial charge on any atom is -0.508 e. The molecule has 2 nitrogen and oxygen atoms in total. The van der Waals surface area contributed by atoms with E-state index in [9.17, 15) is 5.11 Å².